The average Bonchev–Trinajstić information content (AvgIpc) is 2.33. The van der Waals surface area contributed by atoms with Crippen molar-refractivity contribution in [2.45, 2.75) is 19.6 Å². The van der Waals surface area contributed by atoms with Crippen molar-refractivity contribution in [1.29, 1.82) is 0 Å². The van der Waals surface area contributed by atoms with Crippen molar-refractivity contribution in [3.05, 3.63) is 35.4 Å². The van der Waals surface area contributed by atoms with Gasteiger partial charge in [0.15, 0.2) is 5.96 Å². The number of hydrogen-bond donors (Lipinski definition) is 1. The van der Waals surface area contributed by atoms with Crippen molar-refractivity contribution in [2.75, 3.05) is 20.6 Å². The molecule has 106 valence electrons. The summed E-state index contributed by atoms with van der Waals surface area (Å²) in [6, 6.07) is 5.22. The normalized spacial score (nSPS) is 12.4. The molecule has 0 unspecified atom stereocenters. The highest BCUT2D eigenvalue weighted by molar-refractivity contribution is 5.79. The molecule has 0 amide bonds. The van der Waals surface area contributed by atoms with E-state index in [4.69, 9.17) is 0 Å². The fraction of sp³-hybridized carbons (Fsp3) is 0.462. The molecular formula is C13H18F3N3. The molecule has 0 fully saturated rings. The topological polar surface area (TPSA) is 27.6 Å². The van der Waals surface area contributed by atoms with E-state index < -0.39 is 11.7 Å². The number of alkyl halides is 3. The predicted molar refractivity (Wildman–Crippen MR) is 69.9 cm³/mol. The molecule has 3 nitrogen and oxygen atoms in total. The van der Waals surface area contributed by atoms with Gasteiger partial charge in [-0.05, 0) is 24.6 Å². The number of rotatable bonds is 3. The van der Waals surface area contributed by atoms with Crippen LogP contribution in [0.1, 0.15) is 18.1 Å². The third-order valence-electron chi connectivity index (χ3n) is 2.42. The Labute approximate surface area is 111 Å². The SMILES string of the molecule is CCNC(=NCc1cccc(C(F)(F)F)c1)N(C)C. The van der Waals surface area contributed by atoms with E-state index in [0.29, 0.717) is 18.1 Å². The van der Waals surface area contributed by atoms with Gasteiger partial charge in [-0.2, -0.15) is 13.2 Å². The summed E-state index contributed by atoms with van der Waals surface area (Å²) in [6.07, 6.45) is -4.31. The van der Waals surface area contributed by atoms with Crippen LogP contribution in [0.4, 0.5) is 13.2 Å². The second-order valence-electron chi connectivity index (χ2n) is 4.26. The van der Waals surface area contributed by atoms with Gasteiger partial charge in [-0.15, -0.1) is 0 Å². The first-order chi connectivity index (χ1) is 8.84. The van der Waals surface area contributed by atoms with Gasteiger partial charge in [0.25, 0.3) is 0 Å². The molecule has 19 heavy (non-hydrogen) atoms. The molecule has 0 saturated carbocycles. The summed E-state index contributed by atoms with van der Waals surface area (Å²) in [4.78, 5) is 6.06. The molecule has 1 aromatic rings. The largest absolute Gasteiger partial charge is 0.416 e. The van der Waals surface area contributed by atoms with Gasteiger partial charge in [-0.25, -0.2) is 4.99 Å². The zero-order chi connectivity index (χ0) is 14.5. The highest BCUT2D eigenvalue weighted by atomic mass is 19.4. The molecule has 1 N–H and O–H groups in total. The van der Waals surface area contributed by atoms with Gasteiger partial charge in [-0.1, -0.05) is 12.1 Å². The minimum Gasteiger partial charge on any atom is -0.357 e. The lowest BCUT2D eigenvalue weighted by Gasteiger charge is -2.16. The van der Waals surface area contributed by atoms with Crippen molar-refractivity contribution in [3.63, 3.8) is 0 Å². The molecule has 0 aliphatic carbocycles. The number of benzene rings is 1. The predicted octanol–water partition coefficient (Wildman–Crippen LogP) is 2.73. The lowest BCUT2D eigenvalue weighted by molar-refractivity contribution is -0.137. The Bertz CT molecular complexity index is 439. The summed E-state index contributed by atoms with van der Waals surface area (Å²) in [5.41, 5.74) is -0.109. The highest BCUT2D eigenvalue weighted by Crippen LogP contribution is 2.29. The van der Waals surface area contributed by atoms with Crippen LogP contribution in [-0.2, 0) is 12.7 Å². The van der Waals surface area contributed by atoms with Gasteiger partial charge < -0.3 is 10.2 Å². The van der Waals surface area contributed by atoms with Crippen LogP contribution < -0.4 is 5.32 Å². The van der Waals surface area contributed by atoms with Crippen molar-refractivity contribution >= 4 is 5.96 Å². The first-order valence-corrected chi connectivity index (χ1v) is 5.96. The minimum absolute atomic E-state index is 0.213. The van der Waals surface area contributed by atoms with Crippen molar-refractivity contribution in [3.8, 4) is 0 Å². The Balaban J connectivity index is 2.85. The first kappa shape index (κ1) is 15.3. The van der Waals surface area contributed by atoms with Crippen LogP contribution in [0.5, 0.6) is 0 Å². The average molecular weight is 273 g/mol. The monoisotopic (exact) mass is 273 g/mol. The molecule has 1 aromatic carbocycles. The maximum absolute atomic E-state index is 12.6. The molecule has 6 heteroatoms. The first-order valence-electron chi connectivity index (χ1n) is 5.96. The quantitative estimate of drug-likeness (QED) is 0.677. The van der Waals surface area contributed by atoms with Crippen LogP contribution in [0.2, 0.25) is 0 Å². The van der Waals surface area contributed by atoms with Crippen molar-refractivity contribution in [2.24, 2.45) is 4.99 Å². The van der Waals surface area contributed by atoms with E-state index in [0.717, 1.165) is 12.1 Å². The summed E-state index contributed by atoms with van der Waals surface area (Å²) < 4.78 is 37.7. The molecule has 0 radical (unpaired) electrons. The third kappa shape index (κ3) is 4.81. The van der Waals surface area contributed by atoms with Gasteiger partial charge >= 0.3 is 6.18 Å². The summed E-state index contributed by atoms with van der Waals surface area (Å²) in [5, 5.41) is 3.05. The Morgan fingerprint density at radius 3 is 2.53 bits per heavy atom. The van der Waals surface area contributed by atoms with Gasteiger partial charge in [-0.3, -0.25) is 0 Å². The zero-order valence-corrected chi connectivity index (χ0v) is 11.3. The third-order valence-corrected chi connectivity index (χ3v) is 2.42. The molecule has 0 bridgehead atoms. The van der Waals surface area contributed by atoms with Crippen LogP contribution in [0.15, 0.2) is 29.3 Å². The maximum Gasteiger partial charge on any atom is 0.416 e. The van der Waals surface area contributed by atoms with E-state index in [1.165, 1.54) is 6.07 Å². The summed E-state index contributed by atoms with van der Waals surface area (Å²) >= 11 is 0. The Hall–Kier alpha value is -1.72. The maximum atomic E-state index is 12.6. The van der Waals surface area contributed by atoms with Crippen molar-refractivity contribution in [1.82, 2.24) is 10.2 Å². The number of guanidine groups is 1. The molecule has 0 aromatic heterocycles. The zero-order valence-electron chi connectivity index (χ0n) is 11.3. The van der Waals surface area contributed by atoms with Gasteiger partial charge in [0, 0.05) is 20.6 Å². The molecule has 1 rings (SSSR count). The molecule has 0 heterocycles. The van der Waals surface area contributed by atoms with Crippen molar-refractivity contribution < 1.29 is 13.2 Å². The summed E-state index contributed by atoms with van der Waals surface area (Å²) in [7, 11) is 3.65. The van der Waals surface area contributed by atoms with Crippen LogP contribution >= 0.6 is 0 Å². The number of nitrogens with zero attached hydrogens (tertiary/aromatic N) is 2. The van der Waals surface area contributed by atoms with Gasteiger partial charge in [0.05, 0.1) is 12.1 Å². The molecule has 0 aliphatic heterocycles. The molecule has 0 atom stereocenters. The van der Waals surface area contributed by atoms with Crippen LogP contribution in [-0.4, -0.2) is 31.5 Å². The van der Waals surface area contributed by atoms with E-state index in [-0.39, 0.29) is 6.54 Å². The molecule has 0 aliphatic rings. The molecule has 0 spiro atoms. The van der Waals surface area contributed by atoms with Crippen LogP contribution in [0, 0.1) is 0 Å². The highest BCUT2D eigenvalue weighted by Gasteiger charge is 2.30. The Morgan fingerprint density at radius 1 is 1.32 bits per heavy atom. The second-order valence-corrected chi connectivity index (χ2v) is 4.26. The van der Waals surface area contributed by atoms with E-state index in [1.807, 2.05) is 21.0 Å². The standard InChI is InChI=1S/C13H18F3N3/c1-4-17-12(19(2)3)18-9-10-6-5-7-11(8-10)13(14,15)16/h5-8H,4,9H2,1-3H3,(H,17,18). The lowest BCUT2D eigenvalue weighted by Crippen LogP contribution is -2.36. The number of aliphatic imine (C=N–C) groups is 1. The smallest absolute Gasteiger partial charge is 0.357 e. The fourth-order valence-electron chi connectivity index (χ4n) is 1.53. The van der Waals surface area contributed by atoms with E-state index in [9.17, 15) is 13.2 Å². The van der Waals surface area contributed by atoms with Gasteiger partial charge in [0.1, 0.15) is 0 Å². The minimum atomic E-state index is -4.31. The lowest BCUT2D eigenvalue weighted by atomic mass is 10.1. The Kier molecular flexibility index (Phi) is 5.20. The second kappa shape index (κ2) is 6.45. The molecular weight excluding hydrogens is 255 g/mol. The molecule has 0 saturated heterocycles. The number of nitrogens with one attached hydrogen (secondary N) is 1. The number of halogens is 3. The van der Waals surface area contributed by atoms with Crippen LogP contribution in [0.3, 0.4) is 0 Å². The summed E-state index contributed by atoms with van der Waals surface area (Å²) in [6.45, 7) is 2.85. The van der Waals surface area contributed by atoms with E-state index in [1.54, 1.807) is 11.0 Å². The van der Waals surface area contributed by atoms with E-state index in [2.05, 4.69) is 10.3 Å². The van der Waals surface area contributed by atoms with E-state index >= 15 is 0 Å². The Morgan fingerprint density at radius 2 is 2.00 bits per heavy atom. The van der Waals surface area contributed by atoms with Crippen LogP contribution in [0.25, 0.3) is 0 Å². The fourth-order valence-corrected chi connectivity index (χ4v) is 1.53. The number of hydrogen-bond acceptors (Lipinski definition) is 1. The summed E-state index contributed by atoms with van der Waals surface area (Å²) in [5.74, 6) is 0.653. The van der Waals surface area contributed by atoms with Gasteiger partial charge in [0.2, 0.25) is 0 Å².